The van der Waals surface area contributed by atoms with E-state index in [0.717, 1.165) is 18.9 Å². The fraction of sp³-hybridized carbons (Fsp3) is 0.467. The third-order valence-corrected chi connectivity index (χ3v) is 3.02. The maximum atomic E-state index is 11.9. The number of aromatic hydroxyl groups is 1. The van der Waals surface area contributed by atoms with Gasteiger partial charge in [-0.15, -0.1) is 0 Å². The van der Waals surface area contributed by atoms with Crippen molar-refractivity contribution in [3.05, 3.63) is 28.7 Å². The highest BCUT2D eigenvalue weighted by molar-refractivity contribution is 5.81. The zero-order valence-corrected chi connectivity index (χ0v) is 12.4. The van der Waals surface area contributed by atoms with Gasteiger partial charge in [-0.1, -0.05) is 20.3 Å². The van der Waals surface area contributed by atoms with Crippen LogP contribution in [0, 0.1) is 0 Å². The van der Waals surface area contributed by atoms with Crippen LogP contribution < -0.4 is 10.5 Å². The first-order chi connectivity index (χ1) is 10.2. The molecule has 0 aromatic carbocycles. The molecule has 0 unspecified atom stereocenters. The Bertz CT molecular complexity index is 648. The summed E-state index contributed by atoms with van der Waals surface area (Å²) < 4.78 is 5.27. The molecule has 1 saturated heterocycles. The second-order valence-electron chi connectivity index (χ2n) is 4.92. The minimum absolute atomic E-state index is 0.00729. The van der Waals surface area contributed by atoms with Crippen molar-refractivity contribution in [3.63, 3.8) is 0 Å². The minimum Gasteiger partial charge on any atom is -0.506 e. The van der Waals surface area contributed by atoms with Crippen LogP contribution in [0.5, 0.6) is 5.75 Å². The lowest BCUT2D eigenvalue weighted by atomic mass is 10.2. The van der Waals surface area contributed by atoms with Crippen molar-refractivity contribution in [1.82, 2.24) is 9.97 Å². The highest BCUT2D eigenvalue weighted by atomic mass is 16.5. The van der Waals surface area contributed by atoms with Gasteiger partial charge in [0, 0.05) is 19.2 Å². The molecule has 1 aliphatic heterocycles. The number of nitrogens with zero attached hydrogens (tertiary/aromatic N) is 2. The molecule has 21 heavy (non-hydrogen) atoms. The molecule has 0 amide bonds. The molecule has 0 radical (unpaired) electrons. The first-order valence-electron chi connectivity index (χ1n) is 7.20. The van der Waals surface area contributed by atoms with Gasteiger partial charge in [0.2, 0.25) is 0 Å². The lowest BCUT2D eigenvalue weighted by Crippen LogP contribution is -2.37. The molecule has 3 rings (SSSR count). The molecule has 6 heteroatoms. The van der Waals surface area contributed by atoms with Crippen LogP contribution in [0.2, 0.25) is 0 Å². The van der Waals surface area contributed by atoms with E-state index >= 15 is 0 Å². The average molecular weight is 291 g/mol. The molecular weight excluding hydrogens is 270 g/mol. The van der Waals surface area contributed by atoms with Crippen LogP contribution in [0.4, 0.5) is 5.82 Å². The molecule has 0 atom stereocenters. The summed E-state index contributed by atoms with van der Waals surface area (Å²) in [5, 5.41) is 9.73. The topological polar surface area (TPSA) is 78.5 Å². The normalized spacial score (nSPS) is 14.7. The summed E-state index contributed by atoms with van der Waals surface area (Å²) in [6.07, 6.45) is 2.59. The molecule has 2 aromatic rings. The number of hydrogen-bond acceptors (Lipinski definition) is 5. The Balaban J connectivity index is 0.000000497. The summed E-state index contributed by atoms with van der Waals surface area (Å²) in [7, 11) is 0. The highest BCUT2D eigenvalue weighted by Gasteiger charge is 2.13. The van der Waals surface area contributed by atoms with Crippen LogP contribution in [0.15, 0.2) is 23.1 Å². The average Bonchev–Trinajstić information content (AvgIpc) is 2.49. The lowest BCUT2D eigenvalue weighted by Gasteiger charge is -2.28. The zero-order chi connectivity index (χ0) is 15.2. The second kappa shape index (κ2) is 7.08. The van der Waals surface area contributed by atoms with Crippen LogP contribution in [-0.4, -0.2) is 41.4 Å². The van der Waals surface area contributed by atoms with Crippen molar-refractivity contribution in [2.45, 2.75) is 20.3 Å². The Kier molecular flexibility index (Phi) is 5.16. The number of morpholine rings is 1. The van der Waals surface area contributed by atoms with E-state index in [1.165, 1.54) is 18.7 Å². The number of anilines is 1. The summed E-state index contributed by atoms with van der Waals surface area (Å²) in [4.78, 5) is 20.9. The van der Waals surface area contributed by atoms with E-state index in [4.69, 9.17) is 4.74 Å². The summed E-state index contributed by atoms with van der Waals surface area (Å²) in [5.74, 6) is 0.737. The molecule has 114 valence electrons. The van der Waals surface area contributed by atoms with Crippen LogP contribution in [0.25, 0.3) is 10.9 Å². The maximum Gasteiger partial charge on any atom is 0.259 e. The van der Waals surface area contributed by atoms with Gasteiger partial charge in [0.15, 0.2) is 0 Å². The number of H-pyrrole nitrogens is 1. The molecular formula is C15H21N3O3. The Morgan fingerprint density at radius 3 is 2.67 bits per heavy atom. The first-order valence-corrected chi connectivity index (χ1v) is 7.20. The quantitative estimate of drug-likeness (QED) is 0.838. The summed E-state index contributed by atoms with van der Waals surface area (Å²) in [5.41, 5.74) is 0.343. The van der Waals surface area contributed by atoms with E-state index in [1.807, 2.05) is 6.07 Å². The maximum absolute atomic E-state index is 11.9. The summed E-state index contributed by atoms with van der Waals surface area (Å²) in [6.45, 7) is 7.06. The van der Waals surface area contributed by atoms with Crippen LogP contribution in [0.1, 0.15) is 20.3 Å². The molecule has 0 saturated carbocycles. The fourth-order valence-corrected chi connectivity index (χ4v) is 2.09. The van der Waals surface area contributed by atoms with Gasteiger partial charge in [0.05, 0.1) is 30.3 Å². The first kappa shape index (κ1) is 15.3. The SMILES string of the molecule is CCC.O=c1[nH]c(N2CCOCC2)cc2ncc(O)cc12. The number of nitrogens with one attached hydrogen (secondary N) is 1. The zero-order valence-electron chi connectivity index (χ0n) is 12.4. The summed E-state index contributed by atoms with van der Waals surface area (Å²) in [6, 6.07) is 3.24. The number of hydrogen-bond donors (Lipinski definition) is 2. The van der Waals surface area contributed by atoms with Crippen molar-refractivity contribution in [3.8, 4) is 5.75 Å². The highest BCUT2D eigenvalue weighted by Crippen LogP contribution is 2.18. The Morgan fingerprint density at radius 1 is 1.33 bits per heavy atom. The van der Waals surface area contributed by atoms with Crippen LogP contribution in [-0.2, 0) is 4.74 Å². The second-order valence-corrected chi connectivity index (χ2v) is 4.92. The van der Waals surface area contributed by atoms with Gasteiger partial charge in [-0.2, -0.15) is 0 Å². The standard InChI is InChI=1S/C12H13N3O3.C3H8/c16-8-5-9-10(13-7-8)6-11(14-12(9)17)15-1-3-18-4-2-15;1-3-2/h5-7,16H,1-4H2,(H,14,17);3H2,1-2H3. The van der Waals surface area contributed by atoms with E-state index in [0.29, 0.717) is 24.1 Å². The van der Waals surface area contributed by atoms with E-state index in [2.05, 4.69) is 28.7 Å². The Morgan fingerprint density at radius 2 is 2.00 bits per heavy atom. The van der Waals surface area contributed by atoms with E-state index in [-0.39, 0.29) is 11.3 Å². The number of pyridine rings is 2. The Labute approximate surface area is 123 Å². The number of fused-ring (bicyclic) bond motifs is 1. The van der Waals surface area contributed by atoms with Gasteiger partial charge in [0.1, 0.15) is 11.6 Å². The third-order valence-electron chi connectivity index (χ3n) is 3.02. The number of ether oxygens (including phenoxy) is 1. The van der Waals surface area contributed by atoms with Crippen molar-refractivity contribution < 1.29 is 9.84 Å². The third kappa shape index (κ3) is 3.72. The van der Waals surface area contributed by atoms with Gasteiger partial charge in [-0.3, -0.25) is 9.78 Å². The monoisotopic (exact) mass is 291 g/mol. The molecule has 0 spiro atoms. The molecule has 1 aliphatic rings. The number of aromatic nitrogens is 2. The smallest absolute Gasteiger partial charge is 0.259 e. The fourth-order valence-electron chi connectivity index (χ4n) is 2.09. The predicted molar refractivity (Wildman–Crippen MR) is 83.0 cm³/mol. The van der Waals surface area contributed by atoms with Crippen molar-refractivity contribution in [2.75, 3.05) is 31.2 Å². The van der Waals surface area contributed by atoms with E-state index < -0.39 is 0 Å². The van der Waals surface area contributed by atoms with Gasteiger partial charge >= 0.3 is 0 Å². The molecule has 0 bridgehead atoms. The van der Waals surface area contributed by atoms with Gasteiger partial charge in [-0.05, 0) is 6.07 Å². The van der Waals surface area contributed by atoms with Gasteiger partial charge < -0.3 is 19.7 Å². The van der Waals surface area contributed by atoms with Crippen molar-refractivity contribution >= 4 is 16.7 Å². The minimum atomic E-state index is -0.239. The van der Waals surface area contributed by atoms with Crippen molar-refractivity contribution in [1.29, 1.82) is 0 Å². The van der Waals surface area contributed by atoms with Crippen molar-refractivity contribution in [2.24, 2.45) is 0 Å². The Hall–Kier alpha value is -2.08. The summed E-state index contributed by atoms with van der Waals surface area (Å²) >= 11 is 0. The largest absolute Gasteiger partial charge is 0.506 e. The van der Waals surface area contributed by atoms with Gasteiger partial charge in [0.25, 0.3) is 5.56 Å². The van der Waals surface area contributed by atoms with Crippen LogP contribution in [0.3, 0.4) is 0 Å². The van der Waals surface area contributed by atoms with Gasteiger partial charge in [-0.25, -0.2) is 0 Å². The van der Waals surface area contributed by atoms with E-state index in [9.17, 15) is 9.90 Å². The van der Waals surface area contributed by atoms with Crippen LogP contribution >= 0.6 is 0 Å². The number of rotatable bonds is 1. The molecule has 2 N–H and O–H groups in total. The molecule has 2 aromatic heterocycles. The molecule has 3 heterocycles. The molecule has 1 fully saturated rings. The lowest BCUT2D eigenvalue weighted by molar-refractivity contribution is 0.122. The number of aromatic amines is 1. The van der Waals surface area contributed by atoms with E-state index in [1.54, 1.807) is 0 Å². The molecule has 0 aliphatic carbocycles. The predicted octanol–water partition coefficient (Wildman–Crippen LogP) is 1.88. The molecule has 6 nitrogen and oxygen atoms in total.